The average molecular weight is 564 g/mol. The molecular weight excluding hydrogens is 534 g/mol. The minimum Gasteiger partial charge on any atom is -0.479 e. The van der Waals surface area contributed by atoms with Crippen molar-refractivity contribution in [1.29, 1.82) is 0 Å². The molecular formula is C20H30FN6O10P. The molecule has 4 aliphatic heterocycles. The number of nitrogens with one attached hydrogen (secondary N) is 1. The summed E-state index contributed by atoms with van der Waals surface area (Å²) in [6.07, 6.45) is -5.47. The number of hydrogen-bond acceptors (Lipinski definition) is 15. The number of carbonyl (C=O) groups excluding carboxylic acids is 2. The Morgan fingerprint density at radius 1 is 1.42 bits per heavy atom. The van der Waals surface area contributed by atoms with Gasteiger partial charge < -0.3 is 34.3 Å². The van der Waals surface area contributed by atoms with Crippen molar-refractivity contribution in [1.82, 2.24) is 9.99 Å². The molecule has 0 aromatic heterocycles. The van der Waals surface area contributed by atoms with Crippen molar-refractivity contribution in [3.05, 3.63) is 0 Å². The normalized spacial score (nSPS) is 36.9. The van der Waals surface area contributed by atoms with Crippen LogP contribution in [-0.4, -0.2) is 104 Å². The number of cyclic esters (lactones) is 1. The number of nitrogens with zero attached hydrogens (tertiary/aromatic N) is 4. The smallest absolute Gasteiger partial charge is 0.479 e. The molecule has 0 aromatic rings. The van der Waals surface area contributed by atoms with Gasteiger partial charge in [-0.2, -0.15) is 4.99 Å². The largest absolute Gasteiger partial charge is 0.510 e. The Bertz CT molecular complexity index is 1070. The van der Waals surface area contributed by atoms with Crippen molar-refractivity contribution in [2.75, 3.05) is 26.6 Å². The number of alkyl halides is 1. The number of carbonyl (C=O) groups is 2. The van der Waals surface area contributed by atoms with Crippen LogP contribution in [0.5, 0.6) is 0 Å². The van der Waals surface area contributed by atoms with Gasteiger partial charge in [0.1, 0.15) is 12.6 Å². The molecule has 4 rings (SSSR count). The Balaban J connectivity index is 1.52. The van der Waals surface area contributed by atoms with Gasteiger partial charge >= 0.3 is 19.9 Å². The number of aliphatic imine (C=N–C) groups is 3. The molecule has 18 heteroatoms. The van der Waals surface area contributed by atoms with Crippen LogP contribution in [0.15, 0.2) is 15.0 Å². The van der Waals surface area contributed by atoms with E-state index in [-0.39, 0.29) is 11.9 Å². The minimum absolute atomic E-state index is 0.0916. The van der Waals surface area contributed by atoms with E-state index in [0.29, 0.717) is 6.61 Å². The van der Waals surface area contributed by atoms with Crippen LogP contribution < -0.4 is 10.8 Å². The first-order chi connectivity index (χ1) is 17.9. The molecule has 3 N–H and O–H groups in total. The zero-order valence-corrected chi connectivity index (χ0v) is 22.0. The summed E-state index contributed by atoms with van der Waals surface area (Å²) in [5.74, 6) is -0.605. The van der Waals surface area contributed by atoms with Crippen LogP contribution in [-0.2, 0) is 42.1 Å². The van der Waals surface area contributed by atoms with Gasteiger partial charge in [0.15, 0.2) is 30.2 Å². The van der Waals surface area contributed by atoms with Crippen molar-refractivity contribution in [2.24, 2.45) is 20.7 Å². The van der Waals surface area contributed by atoms with E-state index >= 15 is 4.39 Å². The number of ether oxygens (including phenoxy) is 5. The second kappa shape index (κ2) is 11.1. The van der Waals surface area contributed by atoms with Crippen molar-refractivity contribution in [2.45, 2.75) is 70.1 Å². The van der Waals surface area contributed by atoms with E-state index in [4.69, 9.17) is 38.5 Å². The quantitative estimate of drug-likeness (QED) is 0.333. The average Bonchev–Trinajstić information content (AvgIpc) is 3.34. The SMILES string of the molecule is CCOC1=NC(N)=NC2C1N=CN2[C@@H]1OC2COP(=O)(NCC(=O)OC(C)C)OCOC(=O)OC2[C@]1(C)F. The maximum Gasteiger partial charge on any atom is 0.510 e. The lowest BCUT2D eigenvalue weighted by molar-refractivity contribution is -0.146. The molecule has 4 heterocycles. The summed E-state index contributed by atoms with van der Waals surface area (Å²) in [5.41, 5.74) is 3.47. The minimum atomic E-state index is -4.24. The van der Waals surface area contributed by atoms with Gasteiger partial charge in [0.05, 0.1) is 25.7 Å². The van der Waals surface area contributed by atoms with Crippen LogP contribution >= 0.6 is 7.75 Å². The fraction of sp³-hybridized carbons (Fsp3) is 0.750. The maximum atomic E-state index is 16.3. The topological polar surface area (TPSA) is 194 Å². The second-order valence-electron chi connectivity index (χ2n) is 8.97. The van der Waals surface area contributed by atoms with E-state index in [1.54, 1.807) is 20.8 Å². The third kappa shape index (κ3) is 5.91. The zero-order chi connectivity index (χ0) is 27.7. The molecule has 212 valence electrons. The summed E-state index contributed by atoms with van der Waals surface area (Å²) in [4.78, 5) is 38.1. The van der Waals surface area contributed by atoms with Gasteiger partial charge in [-0.05, 0) is 27.7 Å². The number of guanidine groups is 1. The van der Waals surface area contributed by atoms with Gasteiger partial charge in [0, 0.05) is 0 Å². The lowest BCUT2D eigenvalue weighted by Gasteiger charge is -2.35. The highest BCUT2D eigenvalue weighted by Crippen LogP contribution is 2.47. The molecule has 16 nitrogen and oxygen atoms in total. The zero-order valence-electron chi connectivity index (χ0n) is 21.1. The fourth-order valence-corrected chi connectivity index (χ4v) is 5.31. The van der Waals surface area contributed by atoms with Gasteiger partial charge in [-0.15, -0.1) is 0 Å². The molecule has 5 unspecified atom stereocenters. The summed E-state index contributed by atoms with van der Waals surface area (Å²) in [6.45, 7) is 4.56. The van der Waals surface area contributed by atoms with Gasteiger partial charge in [-0.1, -0.05) is 0 Å². The predicted molar refractivity (Wildman–Crippen MR) is 127 cm³/mol. The Morgan fingerprint density at radius 3 is 2.89 bits per heavy atom. The highest BCUT2D eigenvalue weighted by Gasteiger charge is 2.62. The molecule has 0 amide bonds. The van der Waals surface area contributed by atoms with E-state index in [1.165, 1.54) is 11.2 Å². The van der Waals surface area contributed by atoms with Crippen LogP contribution in [0.2, 0.25) is 0 Å². The maximum absolute atomic E-state index is 16.3. The molecule has 0 aliphatic carbocycles. The summed E-state index contributed by atoms with van der Waals surface area (Å²) in [5, 5.41) is 2.32. The Morgan fingerprint density at radius 2 is 2.18 bits per heavy atom. The number of hydrogen-bond donors (Lipinski definition) is 2. The lowest BCUT2D eigenvalue weighted by atomic mass is 9.97. The van der Waals surface area contributed by atoms with E-state index in [0.717, 1.165) is 6.92 Å². The molecule has 0 radical (unpaired) electrons. The number of halogens is 1. The third-order valence-electron chi connectivity index (χ3n) is 5.75. The van der Waals surface area contributed by atoms with Gasteiger partial charge in [0.25, 0.3) is 0 Å². The summed E-state index contributed by atoms with van der Waals surface area (Å²) < 4.78 is 66.2. The summed E-state index contributed by atoms with van der Waals surface area (Å²) in [6, 6.07) is -0.702. The number of esters is 1. The van der Waals surface area contributed by atoms with Crippen LogP contribution in [0, 0.1) is 0 Å². The summed E-state index contributed by atoms with van der Waals surface area (Å²) >= 11 is 0. The van der Waals surface area contributed by atoms with Gasteiger partial charge in [0.2, 0.25) is 18.7 Å². The van der Waals surface area contributed by atoms with E-state index in [2.05, 4.69) is 20.1 Å². The second-order valence-corrected chi connectivity index (χ2v) is 10.8. The molecule has 2 fully saturated rings. The van der Waals surface area contributed by atoms with Crippen molar-refractivity contribution in [3.63, 3.8) is 0 Å². The molecule has 7 atom stereocenters. The number of fused-ring (bicyclic) bond motifs is 2. The fourth-order valence-electron chi connectivity index (χ4n) is 4.20. The van der Waals surface area contributed by atoms with Crippen molar-refractivity contribution < 1.29 is 51.3 Å². The Kier molecular flexibility index (Phi) is 8.23. The van der Waals surface area contributed by atoms with Crippen LogP contribution in [0.3, 0.4) is 0 Å². The molecule has 0 aromatic carbocycles. The molecule has 38 heavy (non-hydrogen) atoms. The monoisotopic (exact) mass is 564 g/mol. The highest BCUT2D eigenvalue weighted by atomic mass is 31.2. The van der Waals surface area contributed by atoms with E-state index in [1.807, 2.05) is 0 Å². The van der Waals surface area contributed by atoms with Crippen LogP contribution in [0.1, 0.15) is 27.7 Å². The molecule has 0 saturated carbocycles. The standard InChI is InChI=1S/C20H30FN6O10P/c1-5-31-16-13-15(25-18(22)26-16)27(8-23-13)17-20(4,21)14-11(36-17)7-33-38(30,34-9-32-19(29)37-14)24-6-12(28)35-10(2)3/h8,10-11,13-15,17H,5-7,9H2,1-4H3,(H2,22,25)(H,24,30)/t11?,13?,14?,15?,17-,20+,38?/m1/s1. The molecule has 0 spiro atoms. The first-order valence-electron chi connectivity index (χ1n) is 11.8. The van der Waals surface area contributed by atoms with E-state index in [9.17, 15) is 14.2 Å². The highest BCUT2D eigenvalue weighted by molar-refractivity contribution is 7.51. The molecule has 4 aliphatic rings. The first-order valence-corrected chi connectivity index (χ1v) is 13.3. The van der Waals surface area contributed by atoms with Gasteiger partial charge in [-0.25, -0.2) is 23.8 Å². The lowest BCUT2D eigenvalue weighted by Crippen LogP contribution is -2.55. The Labute approximate surface area is 217 Å². The number of nitrogens with two attached hydrogens (primary N) is 1. The van der Waals surface area contributed by atoms with Crippen molar-refractivity contribution >= 4 is 38.1 Å². The third-order valence-corrected chi connectivity index (χ3v) is 7.23. The van der Waals surface area contributed by atoms with Crippen molar-refractivity contribution in [3.8, 4) is 0 Å². The van der Waals surface area contributed by atoms with Crippen LogP contribution in [0.25, 0.3) is 0 Å². The van der Waals surface area contributed by atoms with Crippen LogP contribution in [0.4, 0.5) is 9.18 Å². The molecule has 0 bridgehead atoms. The van der Waals surface area contributed by atoms with E-state index < -0.39 is 82.2 Å². The first kappa shape index (κ1) is 28.2. The predicted octanol–water partition coefficient (Wildman–Crippen LogP) is 0.417. The van der Waals surface area contributed by atoms with Gasteiger partial charge in [-0.3, -0.25) is 18.8 Å². The number of rotatable bonds is 6. The molecule has 2 saturated heterocycles. The summed E-state index contributed by atoms with van der Waals surface area (Å²) in [7, 11) is -4.24. The Hall–Kier alpha value is -2.85.